The highest BCUT2D eigenvalue weighted by atomic mass is 35.5. The number of hydrogen-bond acceptors (Lipinski definition) is 6. The van der Waals surface area contributed by atoms with Crippen molar-refractivity contribution in [2.24, 2.45) is 0 Å². The second-order valence-corrected chi connectivity index (χ2v) is 7.48. The lowest BCUT2D eigenvalue weighted by Crippen LogP contribution is -3.14. The summed E-state index contributed by atoms with van der Waals surface area (Å²) in [6.45, 7) is 5.73. The minimum Gasteiger partial charge on any atom is -0.415 e. The molecule has 29 heavy (non-hydrogen) atoms. The highest BCUT2D eigenvalue weighted by Crippen LogP contribution is 2.25. The standard InChI is InChI=1S/C20H20ClN5O3/c1-14(24-10-12-25(13-11-24)18-5-3-2-4-17(18)21)19-22-23-20(29-19)15-6-8-16(9-7-15)26(27)28/h2-9,14H,10-13H2,1H3/p+1/t14-/m0/s1. The van der Waals surface area contributed by atoms with E-state index in [-0.39, 0.29) is 11.7 Å². The van der Waals surface area contributed by atoms with Crippen molar-refractivity contribution >= 4 is 23.0 Å². The summed E-state index contributed by atoms with van der Waals surface area (Å²) in [6, 6.07) is 14.1. The van der Waals surface area contributed by atoms with Crippen molar-refractivity contribution in [2.75, 3.05) is 31.1 Å². The smallest absolute Gasteiger partial charge is 0.274 e. The molecule has 1 atom stereocenters. The van der Waals surface area contributed by atoms with Crippen molar-refractivity contribution in [3.05, 3.63) is 69.6 Å². The van der Waals surface area contributed by atoms with Crippen LogP contribution in [0.1, 0.15) is 18.9 Å². The lowest BCUT2D eigenvalue weighted by atomic mass is 10.2. The third kappa shape index (κ3) is 4.08. The number of hydrogen-bond donors (Lipinski definition) is 1. The molecule has 1 aromatic heterocycles. The third-order valence-electron chi connectivity index (χ3n) is 5.35. The fourth-order valence-electron chi connectivity index (χ4n) is 3.60. The first kappa shape index (κ1) is 19.4. The highest BCUT2D eigenvalue weighted by Gasteiger charge is 2.29. The Morgan fingerprint density at radius 1 is 1.14 bits per heavy atom. The molecular formula is C20H21ClN5O3+. The summed E-state index contributed by atoms with van der Waals surface area (Å²) in [5.41, 5.74) is 1.77. The first-order valence-electron chi connectivity index (χ1n) is 9.45. The fourth-order valence-corrected chi connectivity index (χ4v) is 3.86. The molecule has 1 fully saturated rings. The Morgan fingerprint density at radius 3 is 2.48 bits per heavy atom. The maximum absolute atomic E-state index is 10.8. The number of aromatic nitrogens is 2. The summed E-state index contributed by atoms with van der Waals surface area (Å²) in [7, 11) is 0. The predicted octanol–water partition coefficient (Wildman–Crippen LogP) is 2.76. The van der Waals surface area contributed by atoms with Gasteiger partial charge in [-0.05, 0) is 31.2 Å². The van der Waals surface area contributed by atoms with Crippen molar-refractivity contribution in [3.8, 4) is 11.5 Å². The van der Waals surface area contributed by atoms with Crippen molar-refractivity contribution in [3.63, 3.8) is 0 Å². The van der Waals surface area contributed by atoms with Crippen LogP contribution in [0.5, 0.6) is 0 Å². The van der Waals surface area contributed by atoms with E-state index in [2.05, 4.69) is 22.0 Å². The predicted molar refractivity (Wildman–Crippen MR) is 109 cm³/mol. The van der Waals surface area contributed by atoms with Gasteiger partial charge in [0, 0.05) is 17.7 Å². The van der Waals surface area contributed by atoms with Crippen LogP contribution >= 0.6 is 11.6 Å². The molecule has 3 aromatic rings. The van der Waals surface area contributed by atoms with Crippen molar-refractivity contribution in [1.82, 2.24) is 10.2 Å². The van der Waals surface area contributed by atoms with E-state index in [9.17, 15) is 10.1 Å². The highest BCUT2D eigenvalue weighted by molar-refractivity contribution is 6.33. The van der Waals surface area contributed by atoms with E-state index in [0.29, 0.717) is 17.3 Å². The van der Waals surface area contributed by atoms with Gasteiger partial charge in [-0.15, -0.1) is 10.2 Å². The van der Waals surface area contributed by atoms with Gasteiger partial charge in [-0.3, -0.25) is 10.1 Å². The van der Waals surface area contributed by atoms with Crippen LogP contribution < -0.4 is 9.80 Å². The van der Waals surface area contributed by atoms with Gasteiger partial charge < -0.3 is 14.2 Å². The lowest BCUT2D eigenvalue weighted by molar-refractivity contribution is -0.931. The number of anilines is 1. The second kappa shape index (κ2) is 8.18. The first-order valence-corrected chi connectivity index (χ1v) is 9.83. The molecule has 150 valence electrons. The van der Waals surface area contributed by atoms with E-state index in [1.807, 2.05) is 24.3 Å². The number of nitro groups is 1. The van der Waals surface area contributed by atoms with Crippen LogP contribution in [-0.4, -0.2) is 41.3 Å². The van der Waals surface area contributed by atoms with Gasteiger partial charge in [0.05, 0.1) is 41.8 Å². The van der Waals surface area contributed by atoms with Crippen molar-refractivity contribution < 1.29 is 14.2 Å². The number of nitrogens with one attached hydrogen (secondary N) is 1. The largest absolute Gasteiger partial charge is 0.415 e. The van der Waals surface area contributed by atoms with Gasteiger partial charge in [-0.25, -0.2) is 0 Å². The van der Waals surface area contributed by atoms with Gasteiger partial charge >= 0.3 is 0 Å². The number of nitrogens with zero attached hydrogens (tertiary/aromatic N) is 4. The van der Waals surface area contributed by atoms with Gasteiger partial charge in [-0.1, -0.05) is 23.7 Å². The zero-order chi connectivity index (χ0) is 20.4. The maximum atomic E-state index is 10.8. The van der Waals surface area contributed by atoms with E-state index in [4.69, 9.17) is 16.0 Å². The molecule has 0 bridgehead atoms. The minimum absolute atomic E-state index is 0.0303. The van der Waals surface area contributed by atoms with Crippen LogP contribution in [0.15, 0.2) is 52.9 Å². The lowest BCUT2D eigenvalue weighted by Gasteiger charge is -2.35. The summed E-state index contributed by atoms with van der Waals surface area (Å²) in [4.78, 5) is 14.0. The van der Waals surface area contributed by atoms with Gasteiger partial charge in [0.2, 0.25) is 5.89 Å². The van der Waals surface area contributed by atoms with Crippen LogP contribution in [0.4, 0.5) is 11.4 Å². The van der Waals surface area contributed by atoms with Crippen molar-refractivity contribution in [1.29, 1.82) is 0 Å². The van der Waals surface area contributed by atoms with Crippen LogP contribution in [0.2, 0.25) is 5.02 Å². The molecule has 0 aliphatic carbocycles. The third-order valence-corrected chi connectivity index (χ3v) is 5.67. The number of rotatable bonds is 5. The summed E-state index contributed by atoms with van der Waals surface area (Å²) in [6.07, 6.45) is 0. The van der Waals surface area contributed by atoms with E-state index < -0.39 is 4.92 Å². The first-order chi connectivity index (χ1) is 14.0. The monoisotopic (exact) mass is 414 g/mol. The van der Waals surface area contributed by atoms with Crippen LogP contribution in [0.3, 0.4) is 0 Å². The molecule has 2 aromatic carbocycles. The summed E-state index contributed by atoms with van der Waals surface area (Å²) >= 11 is 6.32. The molecule has 0 radical (unpaired) electrons. The Kier molecular flexibility index (Phi) is 5.46. The summed E-state index contributed by atoms with van der Waals surface area (Å²) in [5.74, 6) is 0.940. The Hall–Kier alpha value is -2.97. The van der Waals surface area contributed by atoms with Crippen LogP contribution in [0.25, 0.3) is 11.5 Å². The molecule has 1 saturated heterocycles. The fraction of sp³-hybridized carbons (Fsp3) is 0.300. The zero-order valence-corrected chi connectivity index (χ0v) is 16.7. The van der Waals surface area contributed by atoms with E-state index in [0.717, 1.165) is 36.9 Å². The number of para-hydroxylation sites is 1. The van der Waals surface area contributed by atoms with Gasteiger partial charge in [-0.2, -0.15) is 0 Å². The van der Waals surface area contributed by atoms with Gasteiger partial charge in [0.25, 0.3) is 11.6 Å². The van der Waals surface area contributed by atoms with E-state index >= 15 is 0 Å². The molecule has 1 N–H and O–H groups in total. The molecule has 0 saturated carbocycles. The number of benzene rings is 2. The quantitative estimate of drug-likeness (QED) is 0.510. The Labute approximate surface area is 172 Å². The Bertz CT molecular complexity index is 999. The second-order valence-electron chi connectivity index (χ2n) is 7.07. The molecule has 2 heterocycles. The average Bonchev–Trinajstić information content (AvgIpc) is 3.24. The molecule has 0 unspecified atom stereocenters. The van der Waals surface area contributed by atoms with Gasteiger partial charge in [0.1, 0.15) is 0 Å². The number of non-ortho nitro benzene ring substituents is 1. The molecule has 8 nitrogen and oxygen atoms in total. The molecular weight excluding hydrogens is 394 g/mol. The number of halogens is 1. The normalized spacial score (nSPS) is 16.0. The van der Waals surface area contributed by atoms with Crippen LogP contribution in [0, 0.1) is 10.1 Å². The maximum Gasteiger partial charge on any atom is 0.274 e. The van der Waals surface area contributed by atoms with E-state index in [1.54, 1.807) is 12.1 Å². The molecule has 1 aliphatic heterocycles. The van der Waals surface area contributed by atoms with Gasteiger partial charge in [0.15, 0.2) is 6.04 Å². The van der Waals surface area contributed by atoms with E-state index in [1.165, 1.54) is 17.0 Å². The Balaban J connectivity index is 1.41. The number of nitro benzene ring substituents is 1. The molecule has 9 heteroatoms. The molecule has 0 spiro atoms. The number of piperazine rings is 1. The molecule has 1 aliphatic rings. The summed E-state index contributed by atoms with van der Waals surface area (Å²) < 4.78 is 5.87. The average molecular weight is 415 g/mol. The molecule has 4 rings (SSSR count). The SMILES string of the molecule is C[C@@H](c1nnc(-c2ccc([N+](=O)[O-])cc2)o1)[NH+]1CCN(c2ccccc2Cl)CC1. The topological polar surface area (TPSA) is 89.7 Å². The minimum atomic E-state index is -0.434. The summed E-state index contributed by atoms with van der Waals surface area (Å²) in [5, 5.41) is 19.9. The van der Waals surface area contributed by atoms with Crippen LogP contribution in [-0.2, 0) is 0 Å². The Morgan fingerprint density at radius 2 is 1.83 bits per heavy atom. The number of quaternary nitrogens is 1. The molecule has 0 amide bonds. The zero-order valence-electron chi connectivity index (χ0n) is 15.9. The van der Waals surface area contributed by atoms with Crippen molar-refractivity contribution in [2.45, 2.75) is 13.0 Å².